The molecule has 118 valence electrons. The van der Waals surface area contributed by atoms with E-state index in [9.17, 15) is 19.2 Å². The minimum atomic E-state index is -0.593. The number of carbonyl (C=O) groups is 2. The van der Waals surface area contributed by atoms with E-state index in [0.717, 1.165) is 4.90 Å². The Morgan fingerprint density at radius 1 is 1.00 bits per heavy atom. The lowest BCUT2D eigenvalue weighted by atomic mass is 10.1. The number of ether oxygens (including phenoxy) is 1. The molecule has 0 spiro atoms. The van der Waals surface area contributed by atoms with Gasteiger partial charge in [-0.3, -0.25) is 24.3 Å². The van der Waals surface area contributed by atoms with Crippen LogP contribution < -0.4 is 11.2 Å². The molecule has 1 aliphatic heterocycles. The Morgan fingerprint density at radius 3 is 2.26 bits per heavy atom. The second kappa shape index (κ2) is 6.01. The van der Waals surface area contributed by atoms with Crippen LogP contribution in [0.1, 0.15) is 26.3 Å². The second-order valence-electron chi connectivity index (χ2n) is 4.96. The Morgan fingerprint density at radius 2 is 1.65 bits per heavy atom. The van der Waals surface area contributed by atoms with E-state index in [2.05, 4.69) is 9.97 Å². The molecule has 8 heteroatoms. The molecule has 8 nitrogen and oxygen atoms in total. The summed E-state index contributed by atoms with van der Waals surface area (Å²) < 4.78 is 5.31. The molecule has 1 aromatic heterocycles. The van der Waals surface area contributed by atoms with Crippen molar-refractivity contribution in [1.82, 2.24) is 14.9 Å². The van der Waals surface area contributed by atoms with E-state index in [1.807, 2.05) is 0 Å². The zero-order chi connectivity index (χ0) is 16.4. The van der Waals surface area contributed by atoms with Crippen molar-refractivity contribution in [1.29, 1.82) is 0 Å². The molecule has 2 N–H and O–H groups in total. The number of carbonyl (C=O) groups excluding carboxylic acids is 2. The highest BCUT2D eigenvalue weighted by Gasteiger charge is 2.34. The Hall–Kier alpha value is -3.00. The molecule has 2 heterocycles. The van der Waals surface area contributed by atoms with Gasteiger partial charge in [-0.1, -0.05) is 12.1 Å². The summed E-state index contributed by atoms with van der Waals surface area (Å²) in [5, 5.41) is 0. The molecule has 0 saturated carbocycles. The monoisotopic (exact) mass is 315 g/mol. The predicted octanol–water partition coefficient (Wildman–Crippen LogP) is -0.124. The number of H-pyrrole nitrogens is 2. The fourth-order valence-electron chi connectivity index (χ4n) is 2.33. The zero-order valence-corrected chi connectivity index (χ0v) is 12.0. The van der Waals surface area contributed by atoms with Crippen molar-refractivity contribution in [3.8, 4) is 0 Å². The average Bonchev–Trinajstić information content (AvgIpc) is 2.78. The normalized spacial score (nSPS) is 13.5. The van der Waals surface area contributed by atoms with Crippen LogP contribution >= 0.6 is 0 Å². The molecule has 2 aromatic rings. The van der Waals surface area contributed by atoms with Crippen LogP contribution in [0.2, 0.25) is 0 Å². The van der Waals surface area contributed by atoms with Crippen LogP contribution in [0.15, 0.2) is 40.1 Å². The third-order valence-electron chi connectivity index (χ3n) is 3.49. The molecule has 0 atom stereocenters. The number of hydrogen-bond donors (Lipinski definition) is 2. The van der Waals surface area contributed by atoms with Crippen molar-refractivity contribution in [2.24, 2.45) is 0 Å². The van der Waals surface area contributed by atoms with Gasteiger partial charge >= 0.3 is 5.69 Å². The summed E-state index contributed by atoms with van der Waals surface area (Å²) in [4.78, 5) is 52.1. The van der Waals surface area contributed by atoms with Crippen LogP contribution in [0.4, 0.5) is 0 Å². The minimum Gasteiger partial charge on any atom is -0.375 e. The van der Waals surface area contributed by atoms with Gasteiger partial charge in [0.05, 0.1) is 36.4 Å². The maximum absolute atomic E-state index is 12.1. The molecule has 1 aliphatic rings. The highest BCUT2D eigenvalue weighted by molar-refractivity contribution is 6.21. The SMILES string of the molecule is O=C1c2ccccc2C(=O)N1CCOCc1c[nH]c(=O)[nH]c1=O. The fourth-order valence-corrected chi connectivity index (χ4v) is 2.33. The van der Waals surface area contributed by atoms with Crippen LogP contribution in [0.5, 0.6) is 0 Å². The fraction of sp³-hybridized carbons (Fsp3) is 0.200. The first-order valence-corrected chi connectivity index (χ1v) is 6.92. The summed E-state index contributed by atoms with van der Waals surface area (Å²) in [6.45, 7) is 0.146. The van der Waals surface area contributed by atoms with E-state index in [1.165, 1.54) is 6.20 Å². The van der Waals surface area contributed by atoms with E-state index in [0.29, 0.717) is 11.1 Å². The van der Waals surface area contributed by atoms with Gasteiger partial charge in [0.2, 0.25) is 0 Å². The van der Waals surface area contributed by atoms with Crippen LogP contribution in [-0.4, -0.2) is 39.8 Å². The number of fused-ring (bicyclic) bond motifs is 1. The number of aromatic amines is 2. The first-order valence-electron chi connectivity index (χ1n) is 6.92. The number of aromatic nitrogens is 2. The molecular formula is C15H13N3O5. The van der Waals surface area contributed by atoms with E-state index in [1.54, 1.807) is 24.3 Å². The van der Waals surface area contributed by atoms with Crippen molar-refractivity contribution in [2.75, 3.05) is 13.2 Å². The first kappa shape index (κ1) is 14.9. The van der Waals surface area contributed by atoms with Gasteiger partial charge in [0, 0.05) is 6.20 Å². The molecule has 2 amide bonds. The number of rotatable bonds is 5. The Labute approximate surface area is 129 Å². The van der Waals surface area contributed by atoms with Gasteiger partial charge in [-0.25, -0.2) is 4.79 Å². The number of nitrogens with zero attached hydrogens (tertiary/aromatic N) is 1. The quantitative estimate of drug-likeness (QED) is 0.590. The van der Waals surface area contributed by atoms with Gasteiger partial charge < -0.3 is 9.72 Å². The van der Waals surface area contributed by atoms with E-state index in [-0.39, 0.29) is 37.1 Å². The number of nitrogens with one attached hydrogen (secondary N) is 2. The lowest BCUT2D eigenvalue weighted by Gasteiger charge is -2.13. The maximum Gasteiger partial charge on any atom is 0.325 e. The molecule has 0 saturated heterocycles. The molecule has 0 aliphatic carbocycles. The van der Waals surface area contributed by atoms with Gasteiger partial charge in [0.1, 0.15) is 0 Å². The van der Waals surface area contributed by atoms with Crippen molar-refractivity contribution in [2.45, 2.75) is 6.61 Å². The van der Waals surface area contributed by atoms with Crippen molar-refractivity contribution < 1.29 is 14.3 Å². The standard InChI is InChI=1S/C15H13N3O5/c19-12-9(7-16-15(22)17-12)8-23-6-5-18-13(20)10-3-1-2-4-11(10)14(18)21/h1-4,7H,5-6,8H2,(H2,16,17,19,22). The summed E-state index contributed by atoms with van der Waals surface area (Å²) >= 11 is 0. The van der Waals surface area contributed by atoms with Crippen LogP contribution in [0.25, 0.3) is 0 Å². The number of amides is 2. The van der Waals surface area contributed by atoms with Crippen molar-refractivity contribution in [3.63, 3.8) is 0 Å². The third kappa shape index (κ3) is 2.84. The average molecular weight is 315 g/mol. The van der Waals surface area contributed by atoms with E-state index in [4.69, 9.17) is 4.74 Å². The topological polar surface area (TPSA) is 112 Å². The smallest absolute Gasteiger partial charge is 0.325 e. The van der Waals surface area contributed by atoms with E-state index >= 15 is 0 Å². The minimum absolute atomic E-state index is 0.0325. The highest BCUT2D eigenvalue weighted by Crippen LogP contribution is 2.21. The Kier molecular flexibility index (Phi) is 3.90. The third-order valence-corrected chi connectivity index (χ3v) is 3.49. The number of imide groups is 1. The lowest BCUT2D eigenvalue weighted by molar-refractivity contribution is 0.0543. The molecule has 0 radical (unpaired) electrons. The van der Waals surface area contributed by atoms with Gasteiger partial charge in [-0.15, -0.1) is 0 Å². The first-order chi connectivity index (χ1) is 11.1. The van der Waals surface area contributed by atoms with Gasteiger partial charge in [0.15, 0.2) is 0 Å². The van der Waals surface area contributed by atoms with E-state index < -0.39 is 11.2 Å². The lowest BCUT2D eigenvalue weighted by Crippen LogP contribution is -2.33. The number of benzene rings is 1. The summed E-state index contributed by atoms with van der Waals surface area (Å²) in [6, 6.07) is 6.62. The summed E-state index contributed by atoms with van der Waals surface area (Å²) in [6.07, 6.45) is 1.27. The van der Waals surface area contributed by atoms with Gasteiger partial charge in [-0.2, -0.15) is 0 Å². The predicted molar refractivity (Wildman–Crippen MR) is 79.1 cm³/mol. The maximum atomic E-state index is 12.1. The molecule has 23 heavy (non-hydrogen) atoms. The summed E-state index contributed by atoms with van der Waals surface area (Å²) in [5.74, 6) is -0.702. The summed E-state index contributed by atoms with van der Waals surface area (Å²) in [5.41, 5.74) is -0.102. The molecule has 0 bridgehead atoms. The second-order valence-corrected chi connectivity index (χ2v) is 4.96. The number of hydrogen-bond acceptors (Lipinski definition) is 5. The van der Waals surface area contributed by atoms with Gasteiger partial charge in [0.25, 0.3) is 17.4 Å². The molecule has 1 aromatic carbocycles. The van der Waals surface area contributed by atoms with Crippen molar-refractivity contribution in [3.05, 3.63) is 68.0 Å². The van der Waals surface area contributed by atoms with Crippen molar-refractivity contribution >= 4 is 11.8 Å². The summed E-state index contributed by atoms with van der Waals surface area (Å²) in [7, 11) is 0. The van der Waals surface area contributed by atoms with Crippen LogP contribution in [-0.2, 0) is 11.3 Å². The van der Waals surface area contributed by atoms with Crippen LogP contribution in [0.3, 0.4) is 0 Å². The Bertz CT molecular complexity index is 848. The van der Waals surface area contributed by atoms with Crippen LogP contribution in [0, 0.1) is 0 Å². The van der Waals surface area contributed by atoms with Gasteiger partial charge in [-0.05, 0) is 12.1 Å². The molecular weight excluding hydrogens is 302 g/mol. The molecule has 0 fully saturated rings. The Balaban J connectivity index is 1.58. The zero-order valence-electron chi connectivity index (χ0n) is 12.0. The highest BCUT2D eigenvalue weighted by atomic mass is 16.5. The molecule has 0 unspecified atom stereocenters. The largest absolute Gasteiger partial charge is 0.375 e. The molecule has 3 rings (SSSR count).